The Kier molecular flexibility index (Phi) is 4.39. The SMILES string of the molecule is Nc1cc(C(=O)N2CCCC2C2CCCCC2)ccc1Cl. The average molecular weight is 307 g/mol. The minimum absolute atomic E-state index is 0.117. The maximum atomic E-state index is 12.8. The molecule has 0 spiro atoms. The number of carbonyl (C=O) groups is 1. The smallest absolute Gasteiger partial charge is 0.254 e. The van der Waals surface area contributed by atoms with Gasteiger partial charge in [0.2, 0.25) is 0 Å². The van der Waals surface area contributed by atoms with Crippen LogP contribution in [-0.2, 0) is 0 Å². The molecule has 114 valence electrons. The largest absolute Gasteiger partial charge is 0.398 e. The van der Waals surface area contributed by atoms with E-state index in [0.717, 1.165) is 19.4 Å². The fraction of sp³-hybridized carbons (Fsp3) is 0.588. The normalized spacial score (nSPS) is 23.5. The Balaban J connectivity index is 1.77. The zero-order valence-corrected chi connectivity index (χ0v) is 13.1. The van der Waals surface area contributed by atoms with Crippen LogP contribution in [0.1, 0.15) is 55.3 Å². The highest BCUT2D eigenvalue weighted by atomic mass is 35.5. The second-order valence-corrected chi connectivity index (χ2v) is 6.75. The van der Waals surface area contributed by atoms with Crippen LogP contribution < -0.4 is 5.73 Å². The van der Waals surface area contributed by atoms with Crippen molar-refractivity contribution < 1.29 is 4.79 Å². The summed E-state index contributed by atoms with van der Waals surface area (Å²) in [5.74, 6) is 0.807. The molecular weight excluding hydrogens is 284 g/mol. The number of nitrogens with two attached hydrogens (primary N) is 1. The first-order valence-electron chi connectivity index (χ1n) is 8.03. The summed E-state index contributed by atoms with van der Waals surface area (Å²) in [6.45, 7) is 0.878. The van der Waals surface area contributed by atoms with Gasteiger partial charge in [-0.3, -0.25) is 4.79 Å². The third-order valence-corrected chi connectivity index (χ3v) is 5.34. The number of hydrogen-bond acceptors (Lipinski definition) is 2. The summed E-state index contributed by atoms with van der Waals surface area (Å²) >= 11 is 5.95. The maximum Gasteiger partial charge on any atom is 0.254 e. The second-order valence-electron chi connectivity index (χ2n) is 6.34. The van der Waals surface area contributed by atoms with E-state index in [4.69, 9.17) is 17.3 Å². The monoisotopic (exact) mass is 306 g/mol. The van der Waals surface area contributed by atoms with Gasteiger partial charge in [-0.25, -0.2) is 0 Å². The highest BCUT2D eigenvalue weighted by Crippen LogP contribution is 2.35. The molecule has 0 bridgehead atoms. The Morgan fingerprint density at radius 1 is 1.14 bits per heavy atom. The topological polar surface area (TPSA) is 46.3 Å². The zero-order valence-electron chi connectivity index (χ0n) is 12.4. The van der Waals surface area contributed by atoms with Crippen LogP contribution in [0.5, 0.6) is 0 Å². The van der Waals surface area contributed by atoms with E-state index < -0.39 is 0 Å². The van der Waals surface area contributed by atoms with Crippen LogP contribution in [0.25, 0.3) is 0 Å². The highest BCUT2D eigenvalue weighted by Gasteiger charge is 2.35. The van der Waals surface area contributed by atoms with Gasteiger partial charge in [-0.15, -0.1) is 0 Å². The van der Waals surface area contributed by atoms with Gasteiger partial charge in [0.1, 0.15) is 0 Å². The van der Waals surface area contributed by atoms with Gasteiger partial charge in [-0.2, -0.15) is 0 Å². The summed E-state index contributed by atoms with van der Waals surface area (Å²) in [5, 5.41) is 0.511. The summed E-state index contributed by atoms with van der Waals surface area (Å²) in [6.07, 6.45) is 8.81. The van der Waals surface area contributed by atoms with Crippen LogP contribution in [0.15, 0.2) is 18.2 Å². The van der Waals surface area contributed by atoms with Crippen LogP contribution in [0.3, 0.4) is 0 Å². The number of halogens is 1. The average Bonchev–Trinajstić information content (AvgIpc) is 2.99. The van der Waals surface area contributed by atoms with Crippen LogP contribution in [-0.4, -0.2) is 23.4 Å². The summed E-state index contributed by atoms with van der Waals surface area (Å²) in [6, 6.07) is 5.64. The summed E-state index contributed by atoms with van der Waals surface area (Å²) in [4.78, 5) is 14.9. The van der Waals surface area contributed by atoms with Gasteiger partial charge in [-0.05, 0) is 49.8 Å². The fourth-order valence-electron chi connectivity index (χ4n) is 3.90. The number of likely N-dealkylation sites (tertiary alicyclic amines) is 1. The predicted molar refractivity (Wildman–Crippen MR) is 86.5 cm³/mol. The van der Waals surface area contributed by atoms with E-state index in [0.29, 0.717) is 28.2 Å². The van der Waals surface area contributed by atoms with Crippen LogP contribution in [0.4, 0.5) is 5.69 Å². The van der Waals surface area contributed by atoms with Crippen molar-refractivity contribution in [2.75, 3.05) is 12.3 Å². The van der Waals surface area contributed by atoms with Gasteiger partial charge >= 0.3 is 0 Å². The number of benzene rings is 1. The maximum absolute atomic E-state index is 12.8. The van der Waals surface area contributed by atoms with Crippen LogP contribution in [0, 0.1) is 5.92 Å². The number of nitrogens with zero attached hydrogens (tertiary/aromatic N) is 1. The summed E-state index contributed by atoms with van der Waals surface area (Å²) < 4.78 is 0. The van der Waals surface area contributed by atoms with E-state index in [1.54, 1.807) is 18.2 Å². The van der Waals surface area contributed by atoms with Crippen molar-refractivity contribution in [1.29, 1.82) is 0 Å². The molecule has 1 amide bonds. The van der Waals surface area contributed by atoms with Gasteiger partial charge in [0.25, 0.3) is 5.91 Å². The van der Waals surface area contributed by atoms with E-state index in [1.165, 1.54) is 32.1 Å². The first kappa shape index (κ1) is 14.7. The number of carbonyl (C=O) groups excluding carboxylic acids is 1. The lowest BCUT2D eigenvalue weighted by Crippen LogP contribution is -2.40. The molecule has 1 aliphatic heterocycles. The van der Waals surface area contributed by atoms with Gasteiger partial charge in [0.15, 0.2) is 0 Å². The van der Waals surface area contributed by atoms with E-state index in [9.17, 15) is 4.79 Å². The first-order valence-corrected chi connectivity index (χ1v) is 8.40. The van der Waals surface area contributed by atoms with E-state index in [1.807, 2.05) is 0 Å². The van der Waals surface area contributed by atoms with Gasteiger partial charge in [0.05, 0.1) is 10.7 Å². The Morgan fingerprint density at radius 2 is 1.90 bits per heavy atom. The quantitative estimate of drug-likeness (QED) is 0.836. The van der Waals surface area contributed by atoms with E-state index >= 15 is 0 Å². The molecule has 3 rings (SSSR count). The van der Waals surface area contributed by atoms with Gasteiger partial charge in [-0.1, -0.05) is 30.9 Å². The molecule has 1 aromatic rings. The molecule has 4 heteroatoms. The molecule has 2 fully saturated rings. The molecule has 1 aliphatic carbocycles. The van der Waals surface area contributed by atoms with Crippen LogP contribution in [0.2, 0.25) is 5.02 Å². The molecule has 1 saturated carbocycles. The Bertz CT molecular complexity index is 526. The standard InChI is InChI=1S/C17H23ClN2O/c18-14-9-8-13(11-15(14)19)17(21)20-10-4-7-16(20)12-5-2-1-3-6-12/h8-9,11-12,16H,1-7,10,19H2. The molecule has 3 nitrogen and oxygen atoms in total. The molecule has 2 aliphatic rings. The highest BCUT2D eigenvalue weighted by molar-refractivity contribution is 6.33. The fourth-order valence-corrected chi connectivity index (χ4v) is 4.01. The zero-order chi connectivity index (χ0) is 14.8. The molecule has 1 atom stereocenters. The third kappa shape index (κ3) is 3.03. The van der Waals surface area contributed by atoms with Crippen molar-refractivity contribution in [2.45, 2.75) is 51.0 Å². The molecule has 0 radical (unpaired) electrons. The van der Waals surface area contributed by atoms with Gasteiger partial charge < -0.3 is 10.6 Å². The first-order chi connectivity index (χ1) is 10.2. The lowest BCUT2D eigenvalue weighted by Gasteiger charge is -2.34. The number of amides is 1. The Morgan fingerprint density at radius 3 is 2.62 bits per heavy atom. The molecule has 1 unspecified atom stereocenters. The number of anilines is 1. The number of hydrogen-bond donors (Lipinski definition) is 1. The van der Waals surface area contributed by atoms with Crippen molar-refractivity contribution in [1.82, 2.24) is 4.90 Å². The van der Waals surface area contributed by atoms with Gasteiger partial charge in [0, 0.05) is 18.2 Å². The Labute approximate surface area is 131 Å². The third-order valence-electron chi connectivity index (χ3n) is 5.00. The number of rotatable bonds is 2. The summed E-state index contributed by atoms with van der Waals surface area (Å²) in [5.41, 5.74) is 6.98. The minimum atomic E-state index is 0.117. The van der Waals surface area contributed by atoms with Crippen molar-refractivity contribution in [3.05, 3.63) is 28.8 Å². The Hall–Kier alpha value is -1.22. The number of nitrogen functional groups attached to an aromatic ring is 1. The summed E-state index contributed by atoms with van der Waals surface area (Å²) in [7, 11) is 0. The van der Waals surface area contributed by atoms with Crippen molar-refractivity contribution in [3.63, 3.8) is 0 Å². The minimum Gasteiger partial charge on any atom is -0.398 e. The molecule has 1 heterocycles. The second kappa shape index (κ2) is 6.27. The lowest BCUT2D eigenvalue weighted by molar-refractivity contribution is 0.0661. The molecule has 0 aromatic heterocycles. The molecular formula is C17H23ClN2O. The molecule has 1 aromatic carbocycles. The van der Waals surface area contributed by atoms with Crippen molar-refractivity contribution in [2.24, 2.45) is 5.92 Å². The van der Waals surface area contributed by atoms with Crippen LogP contribution >= 0.6 is 11.6 Å². The van der Waals surface area contributed by atoms with E-state index in [2.05, 4.69) is 4.90 Å². The lowest BCUT2D eigenvalue weighted by atomic mass is 9.83. The molecule has 2 N–H and O–H groups in total. The van der Waals surface area contributed by atoms with Crippen molar-refractivity contribution in [3.8, 4) is 0 Å². The van der Waals surface area contributed by atoms with E-state index in [-0.39, 0.29) is 5.91 Å². The van der Waals surface area contributed by atoms with Crippen molar-refractivity contribution >= 4 is 23.2 Å². The molecule has 21 heavy (non-hydrogen) atoms. The molecule has 1 saturated heterocycles. The predicted octanol–water partition coefficient (Wildman–Crippen LogP) is 4.11.